The quantitative estimate of drug-likeness (QED) is 0.769. The molecule has 0 radical (unpaired) electrons. The number of rotatable bonds is 6. The molecule has 0 spiro atoms. The highest BCUT2D eigenvalue weighted by Crippen LogP contribution is 2.28. The van der Waals surface area contributed by atoms with Crippen LogP contribution in [-0.2, 0) is 11.3 Å². The van der Waals surface area contributed by atoms with Gasteiger partial charge in [0.2, 0.25) is 0 Å². The Bertz CT molecular complexity index is 396. The highest BCUT2D eigenvalue weighted by molar-refractivity contribution is 5.48. The Kier molecular flexibility index (Phi) is 4.33. The van der Waals surface area contributed by atoms with Gasteiger partial charge in [0.1, 0.15) is 18.2 Å². The summed E-state index contributed by atoms with van der Waals surface area (Å²) < 4.78 is 5.03. The summed E-state index contributed by atoms with van der Waals surface area (Å²) in [6.45, 7) is 1.03. The van der Waals surface area contributed by atoms with E-state index in [1.54, 1.807) is 13.2 Å². The molecule has 0 bridgehead atoms. The van der Waals surface area contributed by atoms with Gasteiger partial charge in [-0.3, -0.25) is 0 Å². The number of anilines is 2. The van der Waals surface area contributed by atoms with E-state index in [4.69, 9.17) is 15.6 Å². The van der Waals surface area contributed by atoms with Crippen LogP contribution < -0.4 is 10.6 Å². The summed E-state index contributed by atoms with van der Waals surface area (Å²) in [7, 11) is 1.60. The van der Waals surface area contributed by atoms with Crippen molar-refractivity contribution >= 4 is 11.6 Å². The molecular weight excluding hydrogens is 232 g/mol. The van der Waals surface area contributed by atoms with Crippen LogP contribution in [0, 0.1) is 0 Å². The summed E-state index contributed by atoms with van der Waals surface area (Å²) in [4.78, 5) is 10.7. The lowest BCUT2D eigenvalue weighted by atomic mass is 9.91. The van der Waals surface area contributed by atoms with Crippen LogP contribution in [0.3, 0.4) is 0 Å². The first-order chi connectivity index (χ1) is 8.74. The third kappa shape index (κ3) is 2.88. The van der Waals surface area contributed by atoms with Gasteiger partial charge in [0.15, 0.2) is 5.82 Å². The Labute approximate surface area is 107 Å². The van der Waals surface area contributed by atoms with Gasteiger partial charge in [0.05, 0.1) is 6.61 Å². The van der Waals surface area contributed by atoms with Crippen LogP contribution in [0.4, 0.5) is 11.6 Å². The first-order valence-corrected chi connectivity index (χ1v) is 6.24. The van der Waals surface area contributed by atoms with Crippen molar-refractivity contribution in [2.75, 3.05) is 30.9 Å². The van der Waals surface area contributed by atoms with Crippen LogP contribution in [0.1, 0.15) is 25.1 Å². The van der Waals surface area contributed by atoms with Crippen LogP contribution >= 0.6 is 0 Å². The van der Waals surface area contributed by atoms with E-state index < -0.39 is 0 Å². The molecule has 0 amide bonds. The maximum absolute atomic E-state index is 9.17. The summed E-state index contributed by atoms with van der Waals surface area (Å²) in [5.41, 5.74) is 5.79. The van der Waals surface area contributed by atoms with E-state index in [0.29, 0.717) is 30.8 Å². The molecular formula is C12H20N4O2. The number of nitrogen functional groups attached to an aromatic ring is 1. The number of methoxy groups -OCH3 is 1. The molecule has 2 rings (SSSR count). The summed E-state index contributed by atoms with van der Waals surface area (Å²) >= 11 is 0. The van der Waals surface area contributed by atoms with Crippen molar-refractivity contribution in [1.29, 1.82) is 0 Å². The molecule has 6 nitrogen and oxygen atoms in total. The van der Waals surface area contributed by atoms with Crippen molar-refractivity contribution in [1.82, 2.24) is 9.97 Å². The molecule has 1 fully saturated rings. The van der Waals surface area contributed by atoms with Crippen LogP contribution in [0.5, 0.6) is 0 Å². The van der Waals surface area contributed by atoms with E-state index in [1.165, 1.54) is 6.42 Å². The Morgan fingerprint density at radius 2 is 2.28 bits per heavy atom. The molecule has 1 aliphatic rings. The molecule has 18 heavy (non-hydrogen) atoms. The van der Waals surface area contributed by atoms with Gasteiger partial charge in [-0.25, -0.2) is 9.97 Å². The van der Waals surface area contributed by atoms with E-state index >= 15 is 0 Å². The van der Waals surface area contributed by atoms with E-state index in [9.17, 15) is 0 Å². The maximum Gasteiger partial charge on any atom is 0.158 e. The minimum Gasteiger partial charge on any atom is -0.395 e. The van der Waals surface area contributed by atoms with Crippen molar-refractivity contribution < 1.29 is 9.84 Å². The lowest BCUT2D eigenvalue weighted by Crippen LogP contribution is -2.42. The zero-order valence-corrected chi connectivity index (χ0v) is 10.7. The van der Waals surface area contributed by atoms with Gasteiger partial charge in [-0.15, -0.1) is 0 Å². The fourth-order valence-electron chi connectivity index (χ4n) is 2.13. The van der Waals surface area contributed by atoms with Crippen LogP contribution in [0.15, 0.2) is 6.07 Å². The highest BCUT2D eigenvalue weighted by atomic mass is 16.5. The summed E-state index contributed by atoms with van der Waals surface area (Å²) in [6.07, 6.45) is 3.52. The van der Waals surface area contributed by atoms with Gasteiger partial charge < -0.3 is 20.5 Å². The number of nitrogens with two attached hydrogens (primary N) is 1. The third-order valence-electron chi connectivity index (χ3n) is 3.20. The summed E-state index contributed by atoms with van der Waals surface area (Å²) in [5.74, 6) is 1.80. The Balaban J connectivity index is 2.22. The SMILES string of the molecule is COCc1nc(N)cc(N(CCO)C2CCC2)n1. The molecule has 0 aromatic carbocycles. The molecule has 1 aliphatic carbocycles. The number of aromatic nitrogens is 2. The predicted molar refractivity (Wildman–Crippen MR) is 69.2 cm³/mol. The Hall–Kier alpha value is -1.40. The first-order valence-electron chi connectivity index (χ1n) is 6.24. The first kappa shape index (κ1) is 13.0. The van der Waals surface area contributed by atoms with E-state index in [-0.39, 0.29) is 6.61 Å². The average Bonchev–Trinajstić information content (AvgIpc) is 2.25. The molecule has 1 aromatic heterocycles. The smallest absolute Gasteiger partial charge is 0.158 e. The van der Waals surface area contributed by atoms with E-state index in [2.05, 4.69) is 14.9 Å². The zero-order chi connectivity index (χ0) is 13.0. The van der Waals surface area contributed by atoms with Crippen molar-refractivity contribution in [3.05, 3.63) is 11.9 Å². The van der Waals surface area contributed by atoms with Gasteiger partial charge in [-0.05, 0) is 19.3 Å². The second kappa shape index (κ2) is 5.97. The zero-order valence-electron chi connectivity index (χ0n) is 10.7. The van der Waals surface area contributed by atoms with Crippen molar-refractivity contribution in [3.63, 3.8) is 0 Å². The van der Waals surface area contributed by atoms with Gasteiger partial charge in [-0.2, -0.15) is 0 Å². The maximum atomic E-state index is 9.17. The lowest BCUT2D eigenvalue weighted by molar-refractivity contribution is 0.178. The standard InChI is InChI=1S/C12H20N4O2/c1-18-8-11-14-10(13)7-12(15-11)16(5-6-17)9-3-2-4-9/h7,9,17H,2-6,8H2,1H3,(H2,13,14,15). The van der Waals surface area contributed by atoms with Gasteiger partial charge >= 0.3 is 0 Å². The Morgan fingerprint density at radius 1 is 1.50 bits per heavy atom. The number of aliphatic hydroxyl groups is 1. The second-order valence-corrected chi connectivity index (χ2v) is 4.50. The second-order valence-electron chi connectivity index (χ2n) is 4.50. The minimum atomic E-state index is 0.111. The van der Waals surface area contributed by atoms with Gasteiger partial charge in [0, 0.05) is 25.8 Å². The van der Waals surface area contributed by atoms with Crippen LogP contribution in [0.25, 0.3) is 0 Å². The minimum absolute atomic E-state index is 0.111. The molecule has 1 aromatic rings. The molecule has 6 heteroatoms. The van der Waals surface area contributed by atoms with E-state index in [0.717, 1.165) is 18.7 Å². The molecule has 0 aliphatic heterocycles. The molecule has 1 saturated carbocycles. The highest BCUT2D eigenvalue weighted by Gasteiger charge is 2.26. The van der Waals surface area contributed by atoms with Crippen molar-refractivity contribution in [3.8, 4) is 0 Å². The van der Waals surface area contributed by atoms with Gasteiger partial charge in [-0.1, -0.05) is 0 Å². The largest absolute Gasteiger partial charge is 0.395 e. The lowest BCUT2D eigenvalue weighted by Gasteiger charge is -2.38. The molecule has 0 unspecified atom stereocenters. The van der Waals surface area contributed by atoms with Crippen LogP contribution in [-0.4, -0.2) is 41.4 Å². The van der Waals surface area contributed by atoms with E-state index in [1.807, 2.05) is 0 Å². The number of hydrogen-bond acceptors (Lipinski definition) is 6. The normalized spacial score (nSPS) is 15.4. The number of ether oxygens (including phenoxy) is 1. The predicted octanol–water partition coefficient (Wildman–Crippen LogP) is 0.556. The molecule has 0 atom stereocenters. The van der Waals surface area contributed by atoms with Crippen LogP contribution in [0.2, 0.25) is 0 Å². The summed E-state index contributed by atoms with van der Waals surface area (Å²) in [6, 6.07) is 2.22. The van der Waals surface area contributed by atoms with Gasteiger partial charge in [0.25, 0.3) is 0 Å². The fraction of sp³-hybridized carbons (Fsp3) is 0.667. The van der Waals surface area contributed by atoms with Crippen molar-refractivity contribution in [2.24, 2.45) is 0 Å². The monoisotopic (exact) mass is 252 g/mol. The average molecular weight is 252 g/mol. The molecule has 0 saturated heterocycles. The number of aliphatic hydroxyl groups excluding tert-OH is 1. The van der Waals surface area contributed by atoms with Crippen molar-refractivity contribution in [2.45, 2.75) is 31.9 Å². The number of nitrogens with zero attached hydrogens (tertiary/aromatic N) is 3. The summed E-state index contributed by atoms with van der Waals surface area (Å²) in [5, 5.41) is 9.17. The Morgan fingerprint density at radius 3 is 2.83 bits per heavy atom. The topological polar surface area (TPSA) is 84.5 Å². The molecule has 100 valence electrons. The third-order valence-corrected chi connectivity index (χ3v) is 3.20. The number of hydrogen-bond donors (Lipinski definition) is 2. The molecule has 1 heterocycles. The molecule has 3 N–H and O–H groups in total. The fourth-order valence-corrected chi connectivity index (χ4v) is 2.13.